The lowest BCUT2D eigenvalue weighted by Gasteiger charge is -2.45. The smallest absolute Gasteiger partial charge is 0.343 e. The molecule has 7 heterocycles. The minimum absolute atomic E-state index is 0.0200. The molecule has 0 aliphatic carbocycles. The fourth-order valence-electron chi connectivity index (χ4n) is 11.1. The van der Waals surface area contributed by atoms with E-state index in [0.29, 0.717) is 19.4 Å². The normalized spacial score (nSPS) is 31.9. The molecule has 4 N–H and O–H groups in total. The van der Waals surface area contributed by atoms with Crippen LogP contribution in [0.2, 0.25) is 0 Å². The van der Waals surface area contributed by atoms with Gasteiger partial charge in [-0.05, 0) is 106 Å². The zero-order valence-corrected chi connectivity index (χ0v) is 45.5. The van der Waals surface area contributed by atoms with E-state index in [1.807, 2.05) is 72.2 Å². The lowest BCUT2D eigenvalue weighted by Crippen LogP contribution is -2.62. The molecule has 5 fully saturated rings. The summed E-state index contributed by atoms with van der Waals surface area (Å²) >= 11 is 0. The first-order valence-corrected chi connectivity index (χ1v) is 26.5. The maximum Gasteiger partial charge on any atom is 0.343 e. The number of ether oxygens (including phenoxy) is 7. The van der Waals surface area contributed by atoms with Gasteiger partial charge in [0.1, 0.15) is 36.6 Å². The number of hydrogen-bond donors (Lipinski definition) is 3. The monoisotopic (exact) mass is 1030 g/mol. The van der Waals surface area contributed by atoms with Crippen LogP contribution < -0.4 is 11.1 Å². The Morgan fingerprint density at radius 3 is 1.82 bits per heavy atom. The summed E-state index contributed by atoms with van der Waals surface area (Å²) in [5, 5.41) is 14.1. The van der Waals surface area contributed by atoms with Crippen molar-refractivity contribution in [2.24, 2.45) is 16.6 Å². The number of hydrogen-bond acceptors (Lipinski definition) is 13. The first kappa shape index (κ1) is 57.1. The Labute approximate surface area is 439 Å². The van der Waals surface area contributed by atoms with Gasteiger partial charge >= 0.3 is 5.97 Å². The second-order valence-corrected chi connectivity index (χ2v) is 23.8. The SMILES string of the molecule is CO[C@@H](C(=O)N[C@H]1Cc2ccccc2C2CCCCN2C1=O)[C@@H]1OC(C)(C)O[C@H](/C=C/C(C)(C)C)[C@@H]1O.N[C@H]1Cc2ccccc2C2CCCCN2C1=O.[CH2+]O[C@H]1C(=O)O[C@@H]2[C@H]1OC(C)(C)O[C@@H]2/C=C/C(C)(C)C. The molecule has 9 rings (SSSR count). The topological polar surface area (TPSA) is 198 Å². The standard InChI is InChI=1S/C29H42N2O6.C15H23O5.C14H18N2O/c1-28(2,3)15-14-22-23(32)24(37-29(4,5)36-22)25(35-6)26(33)30-20-17-18-11-7-8-12-19(18)21-13-9-10-16-31(21)27(20)34;1-14(2,3)8-7-9-10-11(20-15(4,5)19-9)12(17-6)13(16)18-10;15-12-9-10-5-1-2-6-11(10)13-7-3-4-8-16(13)14(12)17/h7-8,11-12,14-15,20-25,32H,9-10,13,16-17H2,1-6H3,(H,30,33);7-12H,6H2,1-5H3;1-2,5-6,12-13H,3-4,7-9,15H2/q;+1;/b15-14+;8-7+;/t20-,21?,22+,23-,24+,25+;9-,10+,11-,12-;12-,13?/m010/s1. The van der Waals surface area contributed by atoms with Crippen LogP contribution in [0.5, 0.6) is 0 Å². The average Bonchev–Trinajstić information content (AvgIpc) is 3.54. The molecule has 0 bridgehead atoms. The van der Waals surface area contributed by atoms with Gasteiger partial charge in [-0.15, -0.1) is 0 Å². The number of piperidine rings is 2. The van der Waals surface area contributed by atoms with Crippen LogP contribution >= 0.6 is 0 Å². The summed E-state index contributed by atoms with van der Waals surface area (Å²) in [7, 11) is 4.74. The number of carbonyl (C=O) groups is 4. The van der Waals surface area contributed by atoms with Crippen LogP contribution in [0, 0.1) is 17.9 Å². The summed E-state index contributed by atoms with van der Waals surface area (Å²) in [4.78, 5) is 55.2. The molecule has 2 aromatic carbocycles. The number of nitrogens with two attached hydrogens (primary N) is 1. The maximum absolute atomic E-state index is 13.6. The van der Waals surface area contributed by atoms with Crippen LogP contribution in [-0.2, 0) is 65.2 Å². The Hall–Kier alpha value is -4.65. The maximum atomic E-state index is 13.6. The Balaban J connectivity index is 0.000000180. The Bertz CT molecular complexity index is 2350. The second-order valence-electron chi connectivity index (χ2n) is 23.8. The van der Waals surface area contributed by atoms with Crippen LogP contribution in [0.15, 0.2) is 72.8 Å². The van der Waals surface area contributed by atoms with E-state index >= 15 is 0 Å². The number of rotatable bonds is 7. The number of fused-ring (bicyclic) bond motifs is 7. The van der Waals surface area contributed by atoms with Gasteiger partial charge in [0.15, 0.2) is 23.8 Å². The predicted octanol–water partition coefficient (Wildman–Crippen LogP) is 7.11. The van der Waals surface area contributed by atoms with Crippen molar-refractivity contribution in [2.75, 3.05) is 20.2 Å². The number of aliphatic hydroxyl groups is 1. The van der Waals surface area contributed by atoms with Crippen LogP contribution in [0.1, 0.15) is 142 Å². The van der Waals surface area contributed by atoms with Gasteiger partial charge in [-0.3, -0.25) is 14.4 Å². The van der Waals surface area contributed by atoms with Gasteiger partial charge < -0.3 is 54.4 Å². The van der Waals surface area contributed by atoms with Crippen LogP contribution in [0.25, 0.3) is 0 Å². The summed E-state index contributed by atoms with van der Waals surface area (Å²) in [6.07, 6.45) is 9.10. The van der Waals surface area contributed by atoms with Crippen LogP contribution in [0.4, 0.5) is 0 Å². The Kier molecular flexibility index (Phi) is 18.0. The third kappa shape index (κ3) is 13.7. The molecule has 7 aliphatic rings. The molecular formula is C58H83N4O12+. The third-order valence-corrected chi connectivity index (χ3v) is 14.5. The van der Waals surface area contributed by atoms with E-state index in [2.05, 4.69) is 78.2 Å². The number of benzene rings is 2. The highest BCUT2D eigenvalue weighted by Crippen LogP contribution is 2.40. The van der Waals surface area contributed by atoms with Gasteiger partial charge in [0, 0.05) is 26.6 Å². The number of allylic oxidation sites excluding steroid dienone is 2. The molecule has 16 heteroatoms. The van der Waals surface area contributed by atoms with Crippen molar-refractivity contribution in [1.82, 2.24) is 15.1 Å². The van der Waals surface area contributed by atoms with E-state index in [1.54, 1.807) is 13.8 Å². The molecule has 406 valence electrons. The van der Waals surface area contributed by atoms with Crippen LogP contribution in [-0.4, -0.2) is 131 Å². The van der Waals surface area contributed by atoms with Gasteiger partial charge in [-0.25, -0.2) is 4.79 Å². The van der Waals surface area contributed by atoms with E-state index in [-0.39, 0.29) is 46.9 Å². The number of aliphatic hydroxyl groups excluding tert-OH is 1. The van der Waals surface area contributed by atoms with E-state index in [9.17, 15) is 24.3 Å². The zero-order valence-electron chi connectivity index (χ0n) is 45.5. The fraction of sp³-hybridized carbons (Fsp3) is 0.638. The number of amides is 3. The largest absolute Gasteiger partial charge is 0.454 e. The quantitative estimate of drug-likeness (QED) is 0.144. The summed E-state index contributed by atoms with van der Waals surface area (Å²) in [5.74, 6) is -2.75. The first-order valence-electron chi connectivity index (χ1n) is 26.5. The predicted molar refractivity (Wildman–Crippen MR) is 279 cm³/mol. The van der Waals surface area contributed by atoms with Crippen molar-refractivity contribution >= 4 is 23.7 Å². The highest BCUT2D eigenvalue weighted by atomic mass is 16.8. The molecule has 0 saturated carbocycles. The summed E-state index contributed by atoms with van der Waals surface area (Å²) in [6.45, 7) is 21.1. The van der Waals surface area contributed by atoms with Gasteiger partial charge in [0.05, 0.1) is 18.1 Å². The van der Waals surface area contributed by atoms with Crippen molar-refractivity contribution in [1.29, 1.82) is 0 Å². The molecule has 5 saturated heterocycles. The van der Waals surface area contributed by atoms with Gasteiger partial charge in [0.2, 0.25) is 25.0 Å². The average molecular weight is 1030 g/mol. The molecule has 12 atom stereocenters. The molecule has 0 spiro atoms. The number of nitrogens with zero attached hydrogens (tertiary/aromatic N) is 2. The molecule has 2 aromatic rings. The van der Waals surface area contributed by atoms with E-state index in [0.717, 1.165) is 49.8 Å². The minimum Gasteiger partial charge on any atom is -0.454 e. The second kappa shape index (κ2) is 23.3. The molecular weight excluding hydrogens is 945 g/mol. The molecule has 3 amide bonds. The van der Waals surface area contributed by atoms with E-state index in [1.165, 1.54) is 24.7 Å². The summed E-state index contributed by atoms with van der Waals surface area (Å²) in [6, 6.07) is 15.7. The highest BCUT2D eigenvalue weighted by molar-refractivity contribution is 5.91. The summed E-state index contributed by atoms with van der Waals surface area (Å²) in [5.41, 5.74) is 10.7. The molecule has 0 radical (unpaired) electrons. The van der Waals surface area contributed by atoms with Gasteiger partial charge in [0.25, 0.3) is 5.91 Å². The molecule has 16 nitrogen and oxygen atoms in total. The number of methoxy groups -OCH3 is 1. The van der Waals surface area contributed by atoms with Crippen molar-refractivity contribution in [3.05, 3.63) is 102 Å². The molecule has 7 aliphatic heterocycles. The summed E-state index contributed by atoms with van der Waals surface area (Å²) < 4.78 is 39.5. The minimum atomic E-state index is -1.14. The lowest BCUT2D eigenvalue weighted by atomic mass is 9.92. The third-order valence-electron chi connectivity index (χ3n) is 14.5. The number of nitrogens with one attached hydrogen (secondary N) is 1. The number of esters is 1. The molecule has 0 aromatic heterocycles. The molecule has 2 unspecified atom stereocenters. The van der Waals surface area contributed by atoms with Crippen molar-refractivity contribution < 1.29 is 57.4 Å². The van der Waals surface area contributed by atoms with Gasteiger partial charge in [-0.2, -0.15) is 4.74 Å². The lowest BCUT2D eigenvalue weighted by molar-refractivity contribution is -0.334. The van der Waals surface area contributed by atoms with Crippen molar-refractivity contribution in [2.45, 2.75) is 205 Å². The first-order chi connectivity index (χ1) is 34.8. The van der Waals surface area contributed by atoms with E-state index in [4.69, 9.17) is 38.9 Å². The Morgan fingerprint density at radius 1 is 0.757 bits per heavy atom. The Morgan fingerprint density at radius 2 is 1.27 bits per heavy atom. The van der Waals surface area contributed by atoms with Crippen molar-refractivity contribution in [3.63, 3.8) is 0 Å². The van der Waals surface area contributed by atoms with Crippen molar-refractivity contribution in [3.8, 4) is 0 Å². The van der Waals surface area contributed by atoms with Gasteiger partial charge in [-0.1, -0.05) is 114 Å². The highest BCUT2D eigenvalue weighted by Gasteiger charge is 2.57. The molecule has 74 heavy (non-hydrogen) atoms. The zero-order chi connectivity index (χ0) is 53.9. The van der Waals surface area contributed by atoms with Crippen LogP contribution in [0.3, 0.4) is 0 Å². The van der Waals surface area contributed by atoms with E-state index < -0.39 is 72.2 Å². The fourth-order valence-corrected chi connectivity index (χ4v) is 11.1. The number of carbonyl (C=O) groups excluding carboxylic acids is 4.